The van der Waals surface area contributed by atoms with E-state index < -0.39 is 0 Å². The quantitative estimate of drug-likeness (QED) is 0.781. The Labute approximate surface area is 152 Å². The molecule has 5 heteroatoms. The molecule has 2 heterocycles. The highest BCUT2D eigenvalue weighted by atomic mass is 16.4. The highest BCUT2D eigenvalue weighted by molar-refractivity contribution is 5.85. The van der Waals surface area contributed by atoms with E-state index >= 15 is 0 Å². The van der Waals surface area contributed by atoms with Crippen LogP contribution in [0.25, 0.3) is 11.3 Å². The second kappa shape index (κ2) is 6.67. The number of oxazole rings is 1. The molecule has 1 aromatic heterocycles. The van der Waals surface area contributed by atoms with E-state index in [9.17, 15) is 4.79 Å². The normalized spacial score (nSPS) is 19.2. The maximum Gasteiger partial charge on any atom is 0.225 e. The summed E-state index contributed by atoms with van der Waals surface area (Å²) >= 11 is 0. The van der Waals surface area contributed by atoms with E-state index in [0.717, 1.165) is 22.6 Å². The van der Waals surface area contributed by atoms with Crippen LogP contribution in [0.5, 0.6) is 0 Å². The number of para-hydroxylation sites is 1. The fourth-order valence-corrected chi connectivity index (χ4v) is 3.65. The minimum atomic E-state index is -0.272. The largest absolute Gasteiger partial charge is 0.439 e. The van der Waals surface area contributed by atoms with Crippen LogP contribution in [-0.4, -0.2) is 16.9 Å². The third-order valence-corrected chi connectivity index (χ3v) is 4.99. The Morgan fingerprint density at radius 3 is 2.69 bits per heavy atom. The molecular formula is C21H21N3O2. The summed E-state index contributed by atoms with van der Waals surface area (Å²) < 4.78 is 5.97. The standard InChI is InChI=1S/C21H21N3O2/c1-14-11-17(21(22)25)16-9-5-6-10-18(16)24(14)13-20-23-12-19(26-20)15-7-3-2-4-8-15/h2-10,12,14,17H,11,13H2,1H3,(H2,22,25)/t14-,17-/m0/s1. The zero-order chi connectivity index (χ0) is 18.1. The molecule has 4 rings (SSSR count). The van der Waals surface area contributed by atoms with Gasteiger partial charge >= 0.3 is 0 Å². The molecule has 2 aromatic carbocycles. The van der Waals surface area contributed by atoms with Crippen molar-refractivity contribution in [3.63, 3.8) is 0 Å². The first-order valence-electron chi connectivity index (χ1n) is 8.78. The number of rotatable bonds is 4. The van der Waals surface area contributed by atoms with Crippen molar-refractivity contribution in [2.45, 2.75) is 31.8 Å². The minimum Gasteiger partial charge on any atom is -0.439 e. The van der Waals surface area contributed by atoms with Gasteiger partial charge < -0.3 is 15.1 Å². The summed E-state index contributed by atoms with van der Waals surface area (Å²) in [5.41, 5.74) is 8.63. The fraction of sp³-hybridized carbons (Fsp3) is 0.238. The van der Waals surface area contributed by atoms with Crippen LogP contribution in [0.15, 0.2) is 65.2 Å². The SMILES string of the molecule is C[C@H]1C[C@H](C(N)=O)c2ccccc2N1Cc1ncc(-c2ccccc2)o1. The van der Waals surface area contributed by atoms with E-state index in [4.69, 9.17) is 10.2 Å². The summed E-state index contributed by atoms with van der Waals surface area (Å²) in [6.07, 6.45) is 2.45. The highest BCUT2D eigenvalue weighted by Gasteiger charge is 2.33. The van der Waals surface area contributed by atoms with Crippen molar-refractivity contribution in [3.8, 4) is 11.3 Å². The molecule has 0 fully saturated rings. The van der Waals surface area contributed by atoms with Crippen LogP contribution in [0.2, 0.25) is 0 Å². The van der Waals surface area contributed by atoms with E-state index in [1.54, 1.807) is 6.20 Å². The van der Waals surface area contributed by atoms with Crippen molar-refractivity contribution in [1.29, 1.82) is 0 Å². The van der Waals surface area contributed by atoms with Crippen molar-refractivity contribution in [2.24, 2.45) is 5.73 Å². The molecule has 0 radical (unpaired) electrons. The van der Waals surface area contributed by atoms with Gasteiger partial charge in [-0.2, -0.15) is 0 Å². The number of hydrogen-bond acceptors (Lipinski definition) is 4. The Kier molecular flexibility index (Phi) is 4.21. The van der Waals surface area contributed by atoms with Crippen LogP contribution in [-0.2, 0) is 11.3 Å². The summed E-state index contributed by atoms with van der Waals surface area (Å²) in [5, 5.41) is 0. The number of hydrogen-bond donors (Lipinski definition) is 1. The molecule has 0 unspecified atom stereocenters. The van der Waals surface area contributed by atoms with Gasteiger partial charge in [0.1, 0.15) is 0 Å². The Balaban J connectivity index is 1.63. The molecule has 0 bridgehead atoms. The minimum absolute atomic E-state index is 0.162. The fourth-order valence-electron chi connectivity index (χ4n) is 3.65. The van der Waals surface area contributed by atoms with Gasteiger partial charge in [-0.25, -0.2) is 4.98 Å². The molecule has 0 saturated carbocycles. The Morgan fingerprint density at radius 1 is 1.19 bits per heavy atom. The number of carbonyl (C=O) groups excluding carboxylic acids is 1. The van der Waals surface area contributed by atoms with Gasteiger partial charge in [-0.05, 0) is 25.0 Å². The molecule has 26 heavy (non-hydrogen) atoms. The molecule has 1 aliphatic rings. The lowest BCUT2D eigenvalue weighted by Crippen LogP contribution is -2.41. The van der Waals surface area contributed by atoms with E-state index in [0.29, 0.717) is 18.9 Å². The number of nitrogens with zero attached hydrogens (tertiary/aromatic N) is 2. The lowest BCUT2D eigenvalue weighted by atomic mass is 9.85. The van der Waals surface area contributed by atoms with Crippen molar-refractivity contribution < 1.29 is 9.21 Å². The van der Waals surface area contributed by atoms with Gasteiger partial charge in [0, 0.05) is 17.3 Å². The lowest BCUT2D eigenvalue weighted by Gasteiger charge is -2.39. The molecule has 0 saturated heterocycles. The number of amides is 1. The van der Waals surface area contributed by atoms with E-state index in [1.165, 1.54) is 0 Å². The highest BCUT2D eigenvalue weighted by Crippen LogP contribution is 2.39. The third-order valence-electron chi connectivity index (χ3n) is 4.99. The van der Waals surface area contributed by atoms with Crippen molar-refractivity contribution in [2.75, 3.05) is 4.90 Å². The zero-order valence-electron chi connectivity index (χ0n) is 14.6. The molecule has 3 aromatic rings. The van der Waals surface area contributed by atoms with E-state index in [-0.39, 0.29) is 17.9 Å². The summed E-state index contributed by atoms with van der Waals surface area (Å²) in [6, 6.07) is 18.0. The van der Waals surface area contributed by atoms with Gasteiger partial charge in [0.15, 0.2) is 5.76 Å². The second-order valence-corrected chi connectivity index (χ2v) is 6.71. The number of nitrogens with two attached hydrogens (primary N) is 1. The molecule has 5 nitrogen and oxygen atoms in total. The average molecular weight is 347 g/mol. The number of primary amides is 1. The summed E-state index contributed by atoms with van der Waals surface area (Å²) in [7, 11) is 0. The summed E-state index contributed by atoms with van der Waals surface area (Å²) in [6.45, 7) is 2.66. The van der Waals surface area contributed by atoms with Gasteiger partial charge in [-0.15, -0.1) is 0 Å². The van der Waals surface area contributed by atoms with Crippen molar-refractivity contribution >= 4 is 11.6 Å². The van der Waals surface area contributed by atoms with Crippen LogP contribution in [0.4, 0.5) is 5.69 Å². The molecule has 132 valence electrons. The lowest BCUT2D eigenvalue weighted by molar-refractivity contribution is -0.119. The zero-order valence-corrected chi connectivity index (χ0v) is 14.6. The molecule has 1 aliphatic heterocycles. The predicted octanol–water partition coefficient (Wildman–Crippen LogP) is 3.71. The summed E-state index contributed by atoms with van der Waals surface area (Å²) in [5.74, 6) is 0.893. The van der Waals surface area contributed by atoms with Crippen LogP contribution < -0.4 is 10.6 Å². The first kappa shape index (κ1) is 16.4. The Bertz CT molecular complexity index is 920. The molecule has 0 spiro atoms. The van der Waals surface area contributed by atoms with E-state index in [2.05, 4.69) is 16.8 Å². The number of fused-ring (bicyclic) bond motifs is 1. The maximum atomic E-state index is 11.9. The van der Waals surface area contributed by atoms with Crippen LogP contribution in [0.1, 0.15) is 30.7 Å². The van der Waals surface area contributed by atoms with Crippen LogP contribution in [0, 0.1) is 0 Å². The average Bonchev–Trinajstić information content (AvgIpc) is 3.13. The number of carbonyl (C=O) groups is 1. The molecule has 0 aliphatic carbocycles. The number of anilines is 1. The first-order valence-corrected chi connectivity index (χ1v) is 8.78. The monoisotopic (exact) mass is 347 g/mol. The third kappa shape index (κ3) is 2.96. The Hall–Kier alpha value is -3.08. The Morgan fingerprint density at radius 2 is 1.92 bits per heavy atom. The van der Waals surface area contributed by atoms with Gasteiger partial charge in [0.2, 0.25) is 11.8 Å². The van der Waals surface area contributed by atoms with Crippen molar-refractivity contribution in [1.82, 2.24) is 4.98 Å². The molecular weight excluding hydrogens is 326 g/mol. The molecule has 2 N–H and O–H groups in total. The van der Waals surface area contributed by atoms with Gasteiger partial charge in [-0.1, -0.05) is 48.5 Å². The first-order chi connectivity index (χ1) is 12.6. The van der Waals surface area contributed by atoms with Crippen LogP contribution >= 0.6 is 0 Å². The second-order valence-electron chi connectivity index (χ2n) is 6.71. The predicted molar refractivity (Wildman–Crippen MR) is 101 cm³/mol. The van der Waals surface area contributed by atoms with Crippen molar-refractivity contribution in [3.05, 3.63) is 72.2 Å². The van der Waals surface area contributed by atoms with Gasteiger partial charge in [0.25, 0.3) is 0 Å². The summed E-state index contributed by atoms with van der Waals surface area (Å²) in [4.78, 5) is 18.5. The molecule has 1 amide bonds. The smallest absolute Gasteiger partial charge is 0.225 e. The number of aromatic nitrogens is 1. The van der Waals surface area contributed by atoms with Gasteiger partial charge in [-0.3, -0.25) is 4.79 Å². The topological polar surface area (TPSA) is 72.4 Å². The molecule has 2 atom stereocenters. The van der Waals surface area contributed by atoms with Gasteiger partial charge in [0.05, 0.1) is 18.7 Å². The van der Waals surface area contributed by atoms with Crippen LogP contribution in [0.3, 0.4) is 0 Å². The maximum absolute atomic E-state index is 11.9. The van der Waals surface area contributed by atoms with E-state index in [1.807, 2.05) is 54.6 Å². The number of benzene rings is 2.